The Labute approximate surface area is 118 Å². The van der Waals surface area contributed by atoms with Gasteiger partial charge in [0.15, 0.2) is 0 Å². The summed E-state index contributed by atoms with van der Waals surface area (Å²) in [5, 5.41) is 24.4. The molecule has 8 nitrogen and oxygen atoms in total. The maximum absolute atomic E-state index is 13.8. The molecule has 1 heterocycles. The van der Waals surface area contributed by atoms with E-state index in [2.05, 4.69) is 30.7 Å². The van der Waals surface area contributed by atoms with E-state index < -0.39 is 11.8 Å². The molecule has 2 aromatic rings. The van der Waals surface area contributed by atoms with Gasteiger partial charge < -0.3 is 10.1 Å². The van der Waals surface area contributed by atoms with E-state index in [4.69, 9.17) is 5.26 Å². The molecular weight excluding hydrogens is 279 g/mol. The fourth-order valence-corrected chi connectivity index (χ4v) is 1.45. The van der Waals surface area contributed by atoms with Crippen LogP contribution in [0.4, 0.5) is 10.1 Å². The maximum Gasteiger partial charge on any atom is 0.337 e. The number of esters is 1. The second-order valence-corrected chi connectivity index (χ2v) is 3.74. The lowest BCUT2D eigenvalue weighted by Crippen LogP contribution is -2.03. The van der Waals surface area contributed by atoms with Gasteiger partial charge in [-0.3, -0.25) is 0 Å². The van der Waals surface area contributed by atoms with Crippen molar-refractivity contribution in [3.05, 3.63) is 41.6 Å². The van der Waals surface area contributed by atoms with Crippen molar-refractivity contribution in [2.75, 3.05) is 12.4 Å². The molecule has 0 amide bonds. The minimum absolute atomic E-state index is 0.0696. The van der Waals surface area contributed by atoms with Crippen LogP contribution >= 0.6 is 0 Å². The van der Waals surface area contributed by atoms with Crippen molar-refractivity contribution in [1.29, 1.82) is 5.26 Å². The number of hydrogen-bond donors (Lipinski definition) is 2. The SMILES string of the molecule is COC(=O)c1ccc(NC=C(C#N)c2nn[nH]n2)c(F)c1. The predicted octanol–water partition coefficient (Wildman–Crippen LogP) is 1.10. The second-order valence-electron chi connectivity index (χ2n) is 3.74. The summed E-state index contributed by atoms with van der Waals surface area (Å²) in [6, 6.07) is 5.62. The number of H-pyrrole nitrogens is 1. The molecule has 106 valence electrons. The molecule has 0 aliphatic carbocycles. The molecular formula is C12H9FN6O2. The third kappa shape index (κ3) is 3.19. The summed E-state index contributed by atoms with van der Waals surface area (Å²) >= 11 is 0. The van der Waals surface area contributed by atoms with Gasteiger partial charge in [0.25, 0.3) is 0 Å². The highest BCUT2D eigenvalue weighted by atomic mass is 19.1. The highest BCUT2D eigenvalue weighted by molar-refractivity contribution is 5.89. The van der Waals surface area contributed by atoms with Crippen LogP contribution in [0, 0.1) is 17.1 Å². The summed E-state index contributed by atoms with van der Waals surface area (Å²) in [6.45, 7) is 0. The number of nitrogens with one attached hydrogen (secondary N) is 2. The van der Waals surface area contributed by atoms with Gasteiger partial charge in [0.1, 0.15) is 17.5 Å². The van der Waals surface area contributed by atoms with Crippen LogP contribution in [-0.4, -0.2) is 33.7 Å². The lowest BCUT2D eigenvalue weighted by atomic mass is 10.2. The molecule has 0 fully saturated rings. The fourth-order valence-electron chi connectivity index (χ4n) is 1.45. The Morgan fingerprint density at radius 3 is 2.95 bits per heavy atom. The van der Waals surface area contributed by atoms with Crippen LogP contribution in [0.25, 0.3) is 5.57 Å². The van der Waals surface area contributed by atoms with E-state index in [1.54, 1.807) is 0 Å². The number of aromatic amines is 1. The zero-order valence-electron chi connectivity index (χ0n) is 10.8. The van der Waals surface area contributed by atoms with E-state index in [1.807, 2.05) is 6.07 Å². The number of tetrazole rings is 1. The van der Waals surface area contributed by atoms with E-state index in [0.29, 0.717) is 0 Å². The number of carbonyl (C=O) groups is 1. The Hall–Kier alpha value is -3.28. The minimum Gasteiger partial charge on any atom is -0.465 e. The van der Waals surface area contributed by atoms with E-state index in [0.717, 1.165) is 6.07 Å². The van der Waals surface area contributed by atoms with Crippen molar-refractivity contribution in [3.63, 3.8) is 0 Å². The van der Waals surface area contributed by atoms with E-state index in [-0.39, 0.29) is 22.6 Å². The Bertz CT molecular complexity index is 720. The first kappa shape index (κ1) is 14.1. The highest BCUT2D eigenvalue weighted by Crippen LogP contribution is 2.17. The molecule has 0 radical (unpaired) electrons. The van der Waals surface area contributed by atoms with Gasteiger partial charge in [-0.2, -0.15) is 10.5 Å². The number of halogens is 1. The topological polar surface area (TPSA) is 117 Å². The van der Waals surface area contributed by atoms with Crippen LogP contribution in [-0.2, 0) is 4.74 Å². The highest BCUT2D eigenvalue weighted by Gasteiger charge is 2.10. The normalized spacial score (nSPS) is 10.8. The maximum atomic E-state index is 13.8. The van der Waals surface area contributed by atoms with Gasteiger partial charge in [0.2, 0.25) is 5.82 Å². The average molecular weight is 288 g/mol. The summed E-state index contributed by atoms with van der Waals surface area (Å²) in [5.41, 5.74) is 0.238. The Morgan fingerprint density at radius 1 is 1.57 bits per heavy atom. The molecule has 0 atom stereocenters. The smallest absolute Gasteiger partial charge is 0.337 e. The first-order valence-corrected chi connectivity index (χ1v) is 5.64. The van der Waals surface area contributed by atoms with Gasteiger partial charge in [-0.05, 0) is 23.4 Å². The monoisotopic (exact) mass is 288 g/mol. The second kappa shape index (κ2) is 6.25. The number of carbonyl (C=O) groups excluding carboxylic acids is 1. The number of benzene rings is 1. The molecule has 0 unspecified atom stereocenters. The largest absolute Gasteiger partial charge is 0.465 e. The molecule has 1 aromatic carbocycles. The third-order valence-electron chi connectivity index (χ3n) is 2.47. The molecule has 0 saturated heterocycles. The van der Waals surface area contributed by atoms with Gasteiger partial charge in [0.05, 0.1) is 18.4 Å². The van der Waals surface area contributed by atoms with Gasteiger partial charge in [-0.15, -0.1) is 10.2 Å². The van der Waals surface area contributed by atoms with Crippen molar-refractivity contribution in [2.24, 2.45) is 0 Å². The molecule has 21 heavy (non-hydrogen) atoms. The molecule has 2 rings (SSSR count). The zero-order valence-corrected chi connectivity index (χ0v) is 10.8. The average Bonchev–Trinajstić information content (AvgIpc) is 3.02. The Kier molecular flexibility index (Phi) is 4.20. The molecule has 0 bridgehead atoms. The molecule has 0 aliphatic rings. The summed E-state index contributed by atoms with van der Waals surface area (Å²) in [6.07, 6.45) is 1.24. The van der Waals surface area contributed by atoms with Crippen LogP contribution in [0.3, 0.4) is 0 Å². The standard InChI is InChI=1S/C12H9FN6O2/c1-21-12(20)7-2-3-10(9(13)4-7)15-6-8(5-14)11-16-18-19-17-11/h2-4,6,15H,1H3,(H,16,17,18,19). The van der Waals surface area contributed by atoms with E-state index in [9.17, 15) is 9.18 Å². The fraction of sp³-hybridized carbons (Fsp3) is 0.0833. The van der Waals surface area contributed by atoms with Crippen LogP contribution in [0.5, 0.6) is 0 Å². The van der Waals surface area contributed by atoms with Crippen molar-refractivity contribution >= 4 is 17.2 Å². The molecule has 2 N–H and O–H groups in total. The zero-order chi connectivity index (χ0) is 15.2. The Morgan fingerprint density at radius 2 is 2.38 bits per heavy atom. The number of nitrogens with zero attached hydrogens (tertiary/aromatic N) is 4. The van der Waals surface area contributed by atoms with Crippen LogP contribution in [0.2, 0.25) is 0 Å². The van der Waals surface area contributed by atoms with Crippen molar-refractivity contribution in [2.45, 2.75) is 0 Å². The predicted molar refractivity (Wildman–Crippen MR) is 69.1 cm³/mol. The molecule has 0 saturated carbocycles. The number of nitriles is 1. The van der Waals surface area contributed by atoms with Crippen LogP contribution in [0.1, 0.15) is 16.2 Å². The molecule has 1 aromatic heterocycles. The number of anilines is 1. The van der Waals surface area contributed by atoms with E-state index in [1.165, 1.54) is 25.4 Å². The summed E-state index contributed by atoms with van der Waals surface area (Å²) in [7, 11) is 1.21. The number of allylic oxidation sites excluding steroid dienone is 1. The quantitative estimate of drug-likeness (QED) is 0.639. The van der Waals surface area contributed by atoms with Crippen molar-refractivity contribution in [3.8, 4) is 6.07 Å². The number of aromatic nitrogens is 4. The van der Waals surface area contributed by atoms with Gasteiger partial charge in [-0.1, -0.05) is 0 Å². The van der Waals surface area contributed by atoms with Gasteiger partial charge in [-0.25, -0.2) is 9.18 Å². The summed E-state index contributed by atoms with van der Waals surface area (Å²) in [4.78, 5) is 11.3. The van der Waals surface area contributed by atoms with Crippen LogP contribution in [0.15, 0.2) is 24.4 Å². The Balaban J connectivity index is 2.21. The number of ether oxygens (including phenoxy) is 1. The summed E-state index contributed by atoms with van der Waals surface area (Å²) < 4.78 is 18.3. The third-order valence-corrected chi connectivity index (χ3v) is 2.47. The number of rotatable bonds is 4. The first-order chi connectivity index (χ1) is 10.2. The molecule has 9 heteroatoms. The first-order valence-electron chi connectivity index (χ1n) is 5.64. The van der Waals surface area contributed by atoms with Crippen molar-refractivity contribution < 1.29 is 13.9 Å². The lowest BCUT2D eigenvalue weighted by molar-refractivity contribution is 0.0600. The van der Waals surface area contributed by atoms with Gasteiger partial charge >= 0.3 is 5.97 Å². The number of methoxy groups -OCH3 is 1. The van der Waals surface area contributed by atoms with E-state index >= 15 is 0 Å². The lowest BCUT2D eigenvalue weighted by Gasteiger charge is -2.05. The van der Waals surface area contributed by atoms with Gasteiger partial charge in [0, 0.05) is 6.20 Å². The minimum atomic E-state index is -0.667. The van der Waals surface area contributed by atoms with Crippen molar-refractivity contribution in [1.82, 2.24) is 20.6 Å². The molecule has 0 spiro atoms. The molecule has 0 aliphatic heterocycles. The number of hydrogen-bond acceptors (Lipinski definition) is 7. The summed E-state index contributed by atoms with van der Waals surface area (Å²) in [5.74, 6) is -1.23. The van der Waals surface area contributed by atoms with Crippen LogP contribution < -0.4 is 5.32 Å².